The average molecular weight is 204 g/mol. The van der Waals surface area contributed by atoms with Gasteiger partial charge >= 0.3 is 0 Å². The van der Waals surface area contributed by atoms with Crippen molar-refractivity contribution in [2.75, 3.05) is 0 Å². The maximum Gasteiger partial charge on any atom is 0.254 e. The van der Waals surface area contributed by atoms with Crippen molar-refractivity contribution in [3.05, 3.63) is 41.0 Å². The number of rotatable bonds is 0. The first kappa shape index (κ1) is 7.82. The van der Waals surface area contributed by atoms with Crippen LogP contribution in [0.2, 0.25) is 0 Å². The number of amides is 1. The van der Waals surface area contributed by atoms with Crippen molar-refractivity contribution < 1.29 is 4.79 Å². The molecule has 1 aliphatic heterocycles. The van der Waals surface area contributed by atoms with Gasteiger partial charge in [0.25, 0.3) is 5.91 Å². The minimum atomic E-state index is 0.0185. The third-order valence-electron chi connectivity index (χ3n) is 2.37. The molecule has 2 aromatic rings. The van der Waals surface area contributed by atoms with Crippen molar-refractivity contribution in [1.82, 2.24) is 9.88 Å². The first-order valence-corrected chi connectivity index (χ1v) is 5.26. The van der Waals surface area contributed by atoms with Gasteiger partial charge in [0.2, 0.25) is 0 Å². The minimum absolute atomic E-state index is 0.0185. The van der Waals surface area contributed by atoms with Crippen molar-refractivity contribution in [2.24, 2.45) is 0 Å². The number of nitrogens with zero attached hydrogens (tertiary/aromatic N) is 1. The molecule has 0 spiro atoms. The van der Waals surface area contributed by atoms with E-state index in [1.165, 1.54) is 0 Å². The molecule has 4 heteroatoms. The van der Waals surface area contributed by atoms with E-state index in [1.807, 2.05) is 29.8 Å². The maximum atomic E-state index is 11.6. The molecule has 0 unspecified atom stereocenters. The SMILES string of the molecule is O=C1NCc2cccn2-c2sccc21. The van der Waals surface area contributed by atoms with Crippen LogP contribution in [0.15, 0.2) is 29.8 Å². The van der Waals surface area contributed by atoms with Gasteiger partial charge in [0, 0.05) is 11.9 Å². The van der Waals surface area contributed by atoms with E-state index in [2.05, 4.69) is 9.88 Å². The number of hydrogen-bond donors (Lipinski definition) is 1. The summed E-state index contributed by atoms with van der Waals surface area (Å²) in [5.74, 6) is 0.0185. The first-order valence-electron chi connectivity index (χ1n) is 4.38. The molecule has 0 aliphatic carbocycles. The zero-order chi connectivity index (χ0) is 9.54. The fourth-order valence-electron chi connectivity index (χ4n) is 1.69. The van der Waals surface area contributed by atoms with Crippen LogP contribution in [0.5, 0.6) is 0 Å². The lowest BCUT2D eigenvalue weighted by Crippen LogP contribution is -2.20. The van der Waals surface area contributed by atoms with Gasteiger partial charge in [0.05, 0.1) is 12.1 Å². The van der Waals surface area contributed by atoms with Crippen LogP contribution in [-0.4, -0.2) is 10.5 Å². The molecule has 1 aliphatic rings. The Morgan fingerprint density at radius 2 is 2.36 bits per heavy atom. The van der Waals surface area contributed by atoms with Crippen LogP contribution in [0.25, 0.3) is 5.00 Å². The molecule has 0 fully saturated rings. The van der Waals surface area contributed by atoms with Crippen molar-refractivity contribution in [3.63, 3.8) is 0 Å². The van der Waals surface area contributed by atoms with Crippen molar-refractivity contribution in [2.45, 2.75) is 6.54 Å². The maximum absolute atomic E-state index is 11.6. The molecule has 14 heavy (non-hydrogen) atoms. The first-order chi connectivity index (χ1) is 6.86. The van der Waals surface area contributed by atoms with E-state index < -0.39 is 0 Å². The second kappa shape index (κ2) is 2.72. The number of fused-ring (bicyclic) bond motifs is 3. The quantitative estimate of drug-likeness (QED) is 0.697. The summed E-state index contributed by atoms with van der Waals surface area (Å²) < 4.78 is 2.07. The standard InChI is InChI=1S/C10H8N2OS/c13-9-8-3-5-14-10(8)12-4-1-2-7(12)6-11-9/h1-5H,6H2,(H,11,13). The van der Waals surface area contributed by atoms with Gasteiger partial charge in [-0.2, -0.15) is 0 Å². The fraction of sp³-hybridized carbons (Fsp3) is 0.100. The second-order valence-corrected chi connectivity index (χ2v) is 4.09. The summed E-state index contributed by atoms with van der Waals surface area (Å²) >= 11 is 1.59. The second-order valence-electron chi connectivity index (χ2n) is 3.19. The number of carbonyl (C=O) groups excluding carboxylic acids is 1. The Bertz CT molecular complexity index is 498. The predicted octanol–water partition coefficient (Wildman–Crippen LogP) is 1.78. The third kappa shape index (κ3) is 0.943. The van der Waals surface area contributed by atoms with E-state index in [4.69, 9.17) is 0 Å². The molecule has 0 bridgehead atoms. The molecule has 0 saturated heterocycles. The molecular formula is C10H8N2OS. The summed E-state index contributed by atoms with van der Waals surface area (Å²) in [5, 5.41) is 5.83. The Morgan fingerprint density at radius 3 is 3.29 bits per heavy atom. The lowest BCUT2D eigenvalue weighted by molar-refractivity contribution is 0.0953. The number of aromatic nitrogens is 1. The highest BCUT2D eigenvalue weighted by atomic mass is 32.1. The fourth-order valence-corrected chi connectivity index (χ4v) is 2.60. The summed E-state index contributed by atoms with van der Waals surface area (Å²) in [5.41, 5.74) is 1.89. The van der Waals surface area contributed by atoms with Crippen LogP contribution < -0.4 is 5.32 Å². The summed E-state index contributed by atoms with van der Waals surface area (Å²) in [6.45, 7) is 0.604. The van der Waals surface area contributed by atoms with Gasteiger partial charge in [0.1, 0.15) is 5.00 Å². The number of hydrogen-bond acceptors (Lipinski definition) is 2. The molecule has 1 N–H and O–H groups in total. The highest BCUT2D eigenvalue weighted by Gasteiger charge is 2.19. The van der Waals surface area contributed by atoms with E-state index in [1.54, 1.807) is 11.3 Å². The normalized spacial score (nSPS) is 14.1. The van der Waals surface area contributed by atoms with Gasteiger partial charge in [-0.05, 0) is 23.6 Å². The van der Waals surface area contributed by atoms with Crippen LogP contribution in [0, 0.1) is 0 Å². The molecule has 0 aromatic carbocycles. The van der Waals surface area contributed by atoms with E-state index in [0.29, 0.717) is 6.54 Å². The predicted molar refractivity (Wildman–Crippen MR) is 54.8 cm³/mol. The van der Waals surface area contributed by atoms with Gasteiger partial charge in [0.15, 0.2) is 0 Å². The molecule has 3 heterocycles. The Balaban J connectivity index is 2.31. The molecule has 0 atom stereocenters. The zero-order valence-corrected chi connectivity index (χ0v) is 8.17. The van der Waals surface area contributed by atoms with Gasteiger partial charge in [-0.15, -0.1) is 11.3 Å². The van der Waals surface area contributed by atoms with E-state index in [9.17, 15) is 4.79 Å². The molecule has 1 amide bonds. The Kier molecular flexibility index (Phi) is 1.52. The Labute approximate surface area is 85.0 Å². The monoisotopic (exact) mass is 204 g/mol. The smallest absolute Gasteiger partial charge is 0.254 e. The van der Waals surface area contributed by atoms with Crippen LogP contribution in [0.3, 0.4) is 0 Å². The highest BCUT2D eigenvalue weighted by Crippen LogP contribution is 2.25. The summed E-state index contributed by atoms with van der Waals surface area (Å²) in [6, 6.07) is 5.88. The molecule has 3 nitrogen and oxygen atoms in total. The van der Waals surface area contributed by atoms with Gasteiger partial charge in [-0.3, -0.25) is 4.79 Å². The molecule has 0 radical (unpaired) electrons. The number of nitrogens with one attached hydrogen (secondary N) is 1. The van der Waals surface area contributed by atoms with Gasteiger partial charge in [-0.25, -0.2) is 0 Å². The number of thiophene rings is 1. The Hall–Kier alpha value is -1.55. The zero-order valence-electron chi connectivity index (χ0n) is 7.36. The summed E-state index contributed by atoms with van der Waals surface area (Å²) in [4.78, 5) is 11.6. The highest BCUT2D eigenvalue weighted by molar-refractivity contribution is 7.13. The van der Waals surface area contributed by atoms with Crippen LogP contribution >= 0.6 is 11.3 Å². The largest absolute Gasteiger partial charge is 0.346 e. The number of carbonyl (C=O) groups is 1. The van der Waals surface area contributed by atoms with Crippen molar-refractivity contribution >= 4 is 17.2 Å². The van der Waals surface area contributed by atoms with Gasteiger partial charge < -0.3 is 9.88 Å². The molecule has 3 rings (SSSR count). The van der Waals surface area contributed by atoms with E-state index >= 15 is 0 Å². The van der Waals surface area contributed by atoms with Crippen LogP contribution in [-0.2, 0) is 6.54 Å². The molecule has 0 saturated carbocycles. The molecular weight excluding hydrogens is 196 g/mol. The lowest BCUT2D eigenvalue weighted by Gasteiger charge is -2.01. The lowest BCUT2D eigenvalue weighted by atomic mass is 10.3. The average Bonchev–Trinajstić information content (AvgIpc) is 2.80. The molecule has 2 aromatic heterocycles. The van der Waals surface area contributed by atoms with Crippen LogP contribution in [0.1, 0.15) is 16.1 Å². The topological polar surface area (TPSA) is 34.0 Å². The van der Waals surface area contributed by atoms with Crippen LogP contribution in [0.4, 0.5) is 0 Å². The third-order valence-corrected chi connectivity index (χ3v) is 3.28. The van der Waals surface area contributed by atoms with Crippen molar-refractivity contribution in [3.8, 4) is 5.00 Å². The molecule has 70 valence electrons. The van der Waals surface area contributed by atoms with E-state index in [-0.39, 0.29) is 5.91 Å². The van der Waals surface area contributed by atoms with Gasteiger partial charge in [-0.1, -0.05) is 0 Å². The Morgan fingerprint density at radius 1 is 1.43 bits per heavy atom. The van der Waals surface area contributed by atoms with E-state index in [0.717, 1.165) is 16.3 Å². The van der Waals surface area contributed by atoms with Crippen molar-refractivity contribution in [1.29, 1.82) is 0 Å². The summed E-state index contributed by atoms with van der Waals surface area (Å²) in [7, 11) is 0. The summed E-state index contributed by atoms with van der Waals surface area (Å²) in [6.07, 6.45) is 1.99. The minimum Gasteiger partial charge on any atom is -0.346 e.